The first-order valence-electron chi connectivity index (χ1n) is 7.81. The Morgan fingerprint density at radius 1 is 0.960 bits per heavy atom. The molecule has 2 radical (unpaired) electrons. The van der Waals surface area contributed by atoms with Crippen molar-refractivity contribution >= 4 is 42.7 Å². The van der Waals surface area contributed by atoms with E-state index in [1.807, 2.05) is 51.1 Å². The quantitative estimate of drug-likeness (QED) is 0.297. The van der Waals surface area contributed by atoms with Gasteiger partial charge in [0, 0.05) is 0 Å². The van der Waals surface area contributed by atoms with E-state index >= 15 is 0 Å². The van der Waals surface area contributed by atoms with Gasteiger partial charge in [0.15, 0.2) is 0 Å². The van der Waals surface area contributed by atoms with Crippen molar-refractivity contribution in [1.82, 2.24) is 0 Å². The van der Waals surface area contributed by atoms with Crippen LogP contribution in [0.15, 0.2) is 66.7 Å². The van der Waals surface area contributed by atoms with E-state index in [2.05, 4.69) is 43.3 Å². The number of rotatable bonds is 0. The van der Waals surface area contributed by atoms with Gasteiger partial charge in [0.2, 0.25) is 0 Å². The van der Waals surface area contributed by atoms with Gasteiger partial charge < -0.3 is 5.73 Å². The summed E-state index contributed by atoms with van der Waals surface area (Å²) in [5, 5.41) is 2.69. The minimum absolute atomic E-state index is 0.250. The van der Waals surface area contributed by atoms with Gasteiger partial charge >= 0.3 is 35.6 Å². The van der Waals surface area contributed by atoms with Crippen molar-refractivity contribution in [2.75, 3.05) is 0 Å². The molecular weight excluding hydrogens is 384 g/mol. The predicted octanol–water partition coefficient (Wildman–Crippen LogP) is 6.56. The van der Waals surface area contributed by atoms with Crippen LogP contribution >= 0.6 is 18.6 Å². The van der Waals surface area contributed by atoms with Crippen LogP contribution in [0.25, 0.3) is 16.5 Å². The molecule has 1 N–H and O–H groups in total. The Labute approximate surface area is 170 Å². The van der Waals surface area contributed by atoms with Crippen molar-refractivity contribution in [3.8, 4) is 0 Å². The Morgan fingerprint density at radius 2 is 1.40 bits per heavy atom. The second-order valence-corrected chi connectivity index (χ2v) is 8.97. The molecule has 0 spiro atoms. The van der Waals surface area contributed by atoms with E-state index in [4.69, 9.17) is 32.2 Å². The first-order chi connectivity index (χ1) is 11.7. The van der Waals surface area contributed by atoms with E-state index < -0.39 is 17.0 Å². The molecule has 3 aromatic carbocycles. The van der Waals surface area contributed by atoms with Gasteiger partial charge in [-0.3, -0.25) is 0 Å². The summed E-state index contributed by atoms with van der Waals surface area (Å²) >= 11 is -0.556. The molecule has 132 valence electrons. The van der Waals surface area contributed by atoms with Crippen LogP contribution in [0.1, 0.15) is 26.3 Å². The van der Waals surface area contributed by atoms with E-state index in [1.54, 1.807) is 0 Å². The molecular formula is C20H24BCl2NTi-2. The fraction of sp³-hybridized carbons (Fsp3) is 0.250. The Hall–Kier alpha value is -0.631. The predicted molar refractivity (Wildman–Crippen MR) is 112 cm³/mol. The number of benzene rings is 2. The van der Waals surface area contributed by atoms with Crippen LogP contribution in [0, 0.1) is 6.92 Å². The topological polar surface area (TPSA) is 23.8 Å². The van der Waals surface area contributed by atoms with Crippen LogP contribution in [0.2, 0.25) is 0 Å². The van der Waals surface area contributed by atoms with E-state index in [0.29, 0.717) is 0 Å². The van der Waals surface area contributed by atoms with Crippen molar-refractivity contribution in [2.45, 2.75) is 33.2 Å². The average Bonchev–Trinajstić information content (AvgIpc) is 2.88. The Bertz CT molecular complexity index is 654. The average molecular weight is 408 g/mol. The fourth-order valence-electron chi connectivity index (χ4n) is 1.76. The third-order valence-electron chi connectivity index (χ3n) is 2.56. The van der Waals surface area contributed by atoms with Gasteiger partial charge in [-0.2, -0.15) is 6.07 Å². The number of hydrogen-bond acceptors (Lipinski definition) is 0. The number of fused-ring (bicyclic) bond motifs is 1. The SMILES string of the molecule is CC(C)(C)[NH-].Cc1cc2ccccc2[cH-]1.[B]c1ccccc1.[Cl][Ti][Cl]. The summed E-state index contributed by atoms with van der Waals surface area (Å²) in [5.41, 5.74) is 8.86. The first-order valence-corrected chi connectivity index (χ1v) is 12.1. The molecule has 1 nitrogen and oxygen atoms in total. The van der Waals surface area contributed by atoms with E-state index in [0.717, 1.165) is 5.46 Å². The van der Waals surface area contributed by atoms with Crippen LogP contribution in [0.3, 0.4) is 0 Å². The second-order valence-electron chi connectivity index (χ2n) is 6.39. The Balaban J connectivity index is 0.000000339. The monoisotopic (exact) mass is 407 g/mol. The maximum atomic E-state index is 6.94. The normalized spacial score (nSPS) is 9.56. The second kappa shape index (κ2) is 13.6. The van der Waals surface area contributed by atoms with Gasteiger partial charge in [-0.05, 0) is 0 Å². The number of halogens is 2. The van der Waals surface area contributed by atoms with Gasteiger partial charge in [0.05, 0.1) is 0 Å². The Morgan fingerprint density at radius 3 is 1.80 bits per heavy atom. The zero-order chi connectivity index (χ0) is 19.3. The van der Waals surface area contributed by atoms with Gasteiger partial charge in [-0.25, -0.2) is 0 Å². The van der Waals surface area contributed by atoms with Crippen LogP contribution in [-0.4, -0.2) is 13.4 Å². The van der Waals surface area contributed by atoms with Crippen LogP contribution in [0.4, 0.5) is 0 Å². The zero-order valence-corrected chi connectivity index (χ0v) is 18.3. The van der Waals surface area contributed by atoms with Crippen LogP contribution in [-0.2, 0) is 17.0 Å². The van der Waals surface area contributed by atoms with Gasteiger partial charge in [-0.1, -0.05) is 69.6 Å². The summed E-state index contributed by atoms with van der Waals surface area (Å²) in [7, 11) is 15.1. The number of nitrogens with one attached hydrogen (secondary N) is 1. The summed E-state index contributed by atoms with van der Waals surface area (Å²) in [5.74, 6) is 0. The minimum atomic E-state index is -0.556. The molecule has 0 amide bonds. The van der Waals surface area contributed by atoms with Crippen molar-refractivity contribution < 1.29 is 17.0 Å². The molecule has 0 aromatic heterocycles. The van der Waals surface area contributed by atoms with Crippen LogP contribution < -0.4 is 5.46 Å². The van der Waals surface area contributed by atoms with E-state index in [1.165, 1.54) is 16.3 Å². The first kappa shape index (κ1) is 24.4. The molecule has 0 saturated heterocycles. The Kier molecular flexibility index (Phi) is 13.2. The molecule has 0 fully saturated rings. The molecule has 3 rings (SSSR count). The maximum absolute atomic E-state index is 6.94. The summed E-state index contributed by atoms with van der Waals surface area (Å²) in [6.07, 6.45) is 0. The van der Waals surface area contributed by atoms with Crippen molar-refractivity contribution in [2.24, 2.45) is 0 Å². The molecule has 0 aliphatic heterocycles. The van der Waals surface area contributed by atoms with Gasteiger partial charge in [0.1, 0.15) is 7.85 Å². The third-order valence-corrected chi connectivity index (χ3v) is 2.56. The molecule has 0 aliphatic rings. The van der Waals surface area contributed by atoms with Crippen molar-refractivity contribution in [3.05, 3.63) is 78.0 Å². The molecule has 0 aliphatic carbocycles. The van der Waals surface area contributed by atoms with Crippen LogP contribution in [0.5, 0.6) is 0 Å². The van der Waals surface area contributed by atoms with Crippen molar-refractivity contribution in [3.63, 3.8) is 0 Å². The van der Waals surface area contributed by atoms with Crippen molar-refractivity contribution in [1.29, 1.82) is 0 Å². The zero-order valence-electron chi connectivity index (χ0n) is 15.2. The molecule has 25 heavy (non-hydrogen) atoms. The standard InChI is InChI=1S/C10H9.C6H5B.C4H10N.2ClH.Ti/c1-8-6-9-4-2-3-5-10(9)7-8;7-6-4-2-1-3-5-6;1-4(2,3)5;;;/h2-7H,1H3;1-5H;5H,1-3H3;2*1H;/q-1;;-1;;;+2/p-2. The third kappa shape index (κ3) is 15.3. The van der Waals surface area contributed by atoms with E-state index in [-0.39, 0.29) is 5.54 Å². The molecule has 0 bridgehead atoms. The molecule has 0 saturated carbocycles. The molecule has 3 aromatic rings. The molecule has 0 unspecified atom stereocenters. The molecule has 0 heterocycles. The fourth-order valence-corrected chi connectivity index (χ4v) is 1.76. The summed E-state index contributed by atoms with van der Waals surface area (Å²) < 4.78 is 0. The van der Waals surface area contributed by atoms with Gasteiger partial charge in [-0.15, -0.1) is 46.1 Å². The summed E-state index contributed by atoms with van der Waals surface area (Å²) in [4.78, 5) is 0. The van der Waals surface area contributed by atoms with E-state index in [9.17, 15) is 0 Å². The molecule has 0 atom stereocenters. The number of aryl methyl sites for hydroxylation is 1. The summed E-state index contributed by atoms with van der Waals surface area (Å²) in [6, 6.07) is 22.3. The molecule has 5 heteroatoms. The number of hydrogen-bond donors (Lipinski definition) is 0. The summed E-state index contributed by atoms with van der Waals surface area (Å²) in [6.45, 7) is 7.69. The van der Waals surface area contributed by atoms with Gasteiger partial charge in [0.25, 0.3) is 0 Å².